The van der Waals surface area contributed by atoms with Gasteiger partial charge in [0.25, 0.3) is 5.91 Å². The molecule has 2 amide bonds. The molecular weight excluding hydrogens is 368 g/mol. The second-order valence-electron chi connectivity index (χ2n) is 6.45. The molecule has 0 saturated carbocycles. The first-order chi connectivity index (χ1) is 13.5. The van der Waals surface area contributed by atoms with Crippen LogP contribution in [-0.4, -0.2) is 37.6 Å². The fourth-order valence-corrected chi connectivity index (χ4v) is 2.96. The quantitative estimate of drug-likeness (QED) is 0.797. The molecule has 2 aromatic rings. The van der Waals surface area contributed by atoms with E-state index in [-0.39, 0.29) is 24.7 Å². The Labute approximate surface area is 161 Å². The van der Waals surface area contributed by atoms with Crippen LogP contribution >= 0.6 is 0 Å². The van der Waals surface area contributed by atoms with Gasteiger partial charge in [0, 0.05) is 18.3 Å². The van der Waals surface area contributed by atoms with Crippen LogP contribution in [0.1, 0.15) is 13.3 Å². The fraction of sp³-hybridized carbons (Fsp3) is 0.300. The molecule has 0 bridgehead atoms. The van der Waals surface area contributed by atoms with E-state index in [1.165, 1.54) is 0 Å². The van der Waals surface area contributed by atoms with Crippen molar-refractivity contribution in [1.29, 1.82) is 0 Å². The minimum atomic E-state index is -0.778. The summed E-state index contributed by atoms with van der Waals surface area (Å²) in [7, 11) is 0. The third-order valence-electron chi connectivity index (χ3n) is 4.18. The number of hydrogen-bond donors (Lipinski definition) is 2. The van der Waals surface area contributed by atoms with E-state index in [1.54, 1.807) is 29.2 Å². The molecule has 0 spiro atoms. The number of ether oxygens (including phenoxy) is 1. The molecule has 0 aromatic heterocycles. The molecule has 1 aliphatic rings. The van der Waals surface area contributed by atoms with Crippen molar-refractivity contribution >= 4 is 23.2 Å². The average Bonchev–Trinajstić information content (AvgIpc) is 2.65. The van der Waals surface area contributed by atoms with Gasteiger partial charge in [-0.3, -0.25) is 9.59 Å². The highest BCUT2D eigenvalue weighted by Crippen LogP contribution is 2.33. The van der Waals surface area contributed by atoms with E-state index in [1.807, 2.05) is 6.92 Å². The number of fused-ring (bicyclic) bond motifs is 1. The Kier molecular flexibility index (Phi) is 6.08. The van der Waals surface area contributed by atoms with Crippen LogP contribution < -0.4 is 20.3 Å². The molecule has 8 heteroatoms. The van der Waals surface area contributed by atoms with Gasteiger partial charge in [0.05, 0.1) is 18.8 Å². The molecule has 2 N–H and O–H groups in total. The van der Waals surface area contributed by atoms with Gasteiger partial charge < -0.3 is 20.3 Å². The number of halogens is 2. The number of carbonyl (C=O) groups excluding carboxylic acids is 2. The minimum Gasteiger partial charge on any atom is -0.477 e. The Bertz CT molecular complexity index is 855. The zero-order valence-corrected chi connectivity index (χ0v) is 15.4. The van der Waals surface area contributed by atoms with Crippen molar-refractivity contribution in [2.45, 2.75) is 19.4 Å². The number of nitrogens with one attached hydrogen (secondary N) is 2. The summed E-state index contributed by atoms with van der Waals surface area (Å²) in [6.07, 6.45) is 0.0339. The van der Waals surface area contributed by atoms with Gasteiger partial charge in [-0.1, -0.05) is 19.1 Å². The number of carbonyl (C=O) groups is 2. The molecule has 0 radical (unpaired) electrons. The lowest BCUT2D eigenvalue weighted by Crippen LogP contribution is -2.50. The van der Waals surface area contributed by atoms with Crippen molar-refractivity contribution in [3.8, 4) is 5.75 Å². The van der Waals surface area contributed by atoms with E-state index in [2.05, 4.69) is 10.6 Å². The maximum Gasteiger partial charge on any atom is 0.262 e. The van der Waals surface area contributed by atoms with E-state index >= 15 is 0 Å². The van der Waals surface area contributed by atoms with Gasteiger partial charge in [0.15, 0.2) is 6.10 Å². The summed E-state index contributed by atoms with van der Waals surface area (Å²) >= 11 is 0. The van der Waals surface area contributed by atoms with Gasteiger partial charge >= 0.3 is 0 Å². The number of nitrogens with zero attached hydrogens (tertiary/aromatic N) is 1. The fourth-order valence-electron chi connectivity index (χ4n) is 2.96. The lowest BCUT2D eigenvalue weighted by Gasteiger charge is -2.35. The molecule has 148 valence electrons. The average molecular weight is 389 g/mol. The van der Waals surface area contributed by atoms with Gasteiger partial charge in [-0.2, -0.15) is 0 Å². The smallest absolute Gasteiger partial charge is 0.262 e. The maximum absolute atomic E-state index is 13.3. The van der Waals surface area contributed by atoms with E-state index in [9.17, 15) is 18.4 Å². The van der Waals surface area contributed by atoms with Crippen LogP contribution in [0, 0.1) is 11.6 Å². The summed E-state index contributed by atoms with van der Waals surface area (Å²) in [6, 6.07) is 9.88. The predicted octanol–water partition coefficient (Wildman–Crippen LogP) is 2.70. The van der Waals surface area contributed by atoms with Crippen molar-refractivity contribution in [3.05, 3.63) is 54.1 Å². The normalized spacial score (nSPS) is 15.4. The first-order valence-corrected chi connectivity index (χ1v) is 9.00. The van der Waals surface area contributed by atoms with Crippen LogP contribution in [0.2, 0.25) is 0 Å². The number of benzene rings is 2. The zero-order chi connectivity index (χ0) is 20.1. The first-order valence-electron chi connectivity index (χ1n) is 9.00. The lowest BCUT2D eigenvalue weighted by atomic mass is 10.1. The second kappa shape index (κ2) is 8.69. The Morgan fingerprint density at radius 2 is 1.89 bits per heavy atom. The van der Waals surface area contributed by atoms with E-state index < -0.39 is 23.6 Å². The van der Waals surface area contributed by atoms with Crippen LogP contribution in [0.25, 0.3) is 0 Å². The highest BCUT2D eigenvalue weighted by molar-refractivity contribution is 5.95. The third-order valence-corrected chi connectivity index (χ3v) is 4.18. The molecule has 0 aliphatic carbocycles. The number of rotatable bonds is 6. The highest BCUT2D eigenvalue weighted by atomic mass is 19.1. The monoisotopic (exact) mass is 389 g/mol. The van der Waals surface area contributed by atoms with Crippen LogP contribution in [0.4, 0.5) is 20.2 Å². The number of anilines is 2. The van der Waals surface area contributed by atoms with Gasteiger partial charge in [-0.05, 0) is 30.7 Å². The summed E-state index contributed by atoms with van der Waals surface area (Å²) in [4.78, 5) is 26.4. The Morgan fingerprint density at radius 3 is 2.61 bits per heavy atom. The van der Waals surface area contributed by atoms with Gasteiger partial charge in [-0.15, -0.1) is 0 Å². The van der Waals surface area contributed by atoms with E-state index in [4.69, 9.17) is 4.74 Å². The maximum atomic E-state index is 13.3. The Balaban J connectivity index is 1.73. The number of amides is 2. The summed E-state index contributed by atoms with van der Waals surface area (Å²) < 4.78 is 32.4. The predicted molar refractivity (Wildman–Crippen MR) is 101 cm³/mol. The molecule has 1 unspecified atom stereocenters. The minimum absolute atomic E-state index is 0.0290. The van der Waals surface area contributed by atoms with Gasteiger partial charge in [0.2, 0.25) is 5.91 Å². The summed E-state index contributed by atoms with van der Waals surface area (Å²) in [5.74, 6) is -1.78. The molecule has 3 rings (SSSR count). The molecule has 6 nitrogen and oxygen atoms in total. The lowest BCUT2D eigenvalue weighted by molar-refractivity contribution is -0.128. The molecule has 1 atom stereocenters. The van der Waals surface area contributed by atoms with Crippen molar-refractivity contribution < 1.29 is 23.1 Å². The highest BCUT2D eigenvalue weighted by Gasteiger charge is 2.31. The summed E-state index contributed by atoms with van der Waals surface area (Å²) in [5.41, 5.74) is 0.698. The van der Waals surface area contributed by atoms with Crippen LogP contribution in [0.15, 0.2) is 42.5 Å². The zero-order valence-electron chi connectivity index (χ0n) is 15.4. The van der Waals surface area contributed by atoms with Crippen LogP contribution in [0.3, 0.4) is 0 Å². The molecule has 0 saturated heterocycles. The topological polar surface area (TPSA) is 70.7 Å². The standard InChI is InChI=1S/C20H21F2N3O3/c1-2-7-23-20(27)18-11-25(16-5-3-4-6-17(16)28-18)12-19(26)24-15-9-13(21)8-14(22)10-15/h3-6,8-10,18H,2,7,11-12H2,1H3,(H,23,27)(H,24,26). The molecular formula is C20H21F2N3O3. The number of para-hydroxylation sites is 2. The van der Waals surface area contributed by atoms with Crippen molar-refractivity contribution in [3.63, 3.8) is 0 Å². The molecule has 2 aromatic carbocycles. The number of hydrogen-bond acceptors (Lipinski definition) is 4. The molecule has 1 aliphatic heterocycles. The second-order valence-corrected chi connectivity index (χ2v) is 6.45. The van der Waals surface area contributed by atoms with Crippen molar-refractivity contribution in [2.24, 2.45) is 0 Å². The van der Waals surface area contributed by atoms with Gasteiger partial charge in [0.1, 0.15) is 17.4 Å². The summed E-state index contributed by atoms with van der Waals surface area (Å²) in [6.45, 7) is 2.56. The van der Waals surface area contributed by atoms with E-state index in [0.29, 0.717) is 18.0 Å². The molecule has 28 heavy (non-hydrogen) atoms. The van der Waals surface area contributed by atoms with Crippen LogP contribution in [-0.2, 0) is 9.59 Å². The van der Waals surface area contributed by atoms with Crippen LogP contribution in [0.5, 0.6) is 5.75 Å². The van der Waals surface area contributed by atoms with E-state index in [0.717, 1.165) is 24.6 Å². The van der Waals surface area contributed by atoms with Crippen molar-refractivity contribution in [1.82, 2.24) is 5.32 Å². The van der Waals surface area contributed by atoms with Crippen molar-refractivity contribution in [2.75, 3.05) is 29.9 Å². The molecule has 1 heterocycles. The molecule has 0 fully saturated rings. The third kappa shape index (κ3) is 4.76. The van der Waals surface area contributed by atoms with Gasteiger partial charge in [-0.25, -0.2) is 8.78 Å². The SMILES string of the molecule is CCCNC(=O)C1CN(CC(=O)Nc2cc(F)cc(F)c2)c2ccccc2O1. The largest absolute Gasteiger partial charge is 0.477 e. The Morgan fingerprint density at radius 1 is 1.18 bits per heavy atom. The summed E-state index contributed by atoms with van der Waals surface area (Å²) in [5, 5.41) is 5.26. The Hall–Kier alpha value is -3.16. The first kappa shape index (κ1) is 19.6.